The van der Waals surface area contributed by atoms with Crippen LogP contribution < -0.4 is 11.1 Å². The summed E-state index contributed by atoms with van der Waals surface area (Å²) in [6.45, 7) is 9.24. The van der Waals surface area contributed by atoms with Gasteiger partial charge in [-0.25, -0.2) is 0 Å². The van der Waals surface area contributed by atoms with Gasteiger partial charge in [0.15, 0.2) is 5.96 Å². The average Bonchev–Trinajstić information content (AvgIpc) is 2.47. The van der Waals surface area contributed by atoms with Gasteiger partial charge in [0.2, 0.25) is 0 Å². The minimum Gasteiger partial charge on any atom is -0.370 e. The Hall–Kier alpha value is -0.820. The molecule has 3 N–H and O–H groups in total. The van der Waals surface area contributed by atoms with E-state index in [1.165, 1.54) is 5.56 Å². The van der Waals surface area contributed by atoms with Gasteiger partial charge in [-0.05, 0) is 43.6 Å². The standard InChI is InChI=1S/C16H28N4.HI/c1-5-13(3)14-7-9-15(10-8-14)19-16(17)18-11-12-20(4)6-2;/h7-10,13H,5-6,11-12H2,1-4H3,(H3,17,18,19);1H. The molecule has 1 aromatic carbocycles. The molecule has 1 aromatic rings. The molecule has 0 saturated carbocycles. The lowest BCUT2D eigenvalue weighted by molar-refractivity contribution is 0.363. The van der Waals surface area contributed by atoms with Gasteiger partial charge in [-0.15, -0.1) is 24.0 Å². The Morgan fingerprint density at radius 1 is 1.29 bits per heavy atom. The fourth-order valence-electron chi connectivity index (χ4n) is 1.82. The van der Waals surface area contributed by atoms with E-state index in [9.17, 15) is 0 Å². The number of nitrogens with zero attached hydrogens (tertiary/aromatic N) is 2. The van der Waals surface area contributed by atoms with Crippen LogP contribution in [0.2, 0.25) is 0 Å². The molecule has 1 atom stereocenters. The molecule has 0 aliphatic rings. The Morgan fingerprint density at radius 2 is 1.90 bits per heavy atom. The maximum absolute atomic E-state index is 5.88. The first-order valence-electron chi connectivity index (χ1n) is 7.42. The molecule has 0 aromatic heterocycles. The molecule has 0 fully saturated rings. The monoisotopic (exact) mass is 404 g/mol. The molecule has 0 heterocycles. The molecule has 120 valence electrons. The average molecular weight is 404 g/mol. The number of rotatable bonds is 7. The highest BCUT2D eigenvalue weighted by Gasteiger charge is 2.02. The van der Waals surface area contributed by atoms with Crippen LogP contribution in [0.15, 0.2) is 29.3 Å². The number of likely N-dealkylation sites (N-methyl/N-ethyl adjacent to an activating group) is 1. The fourth-order valence-corrected chi connectivity index (χ4v) is 1.82. The van der Waals surface area contributed by atoms with Crippen molar-refractivity contribution in [2.75, 3.05) is 32.0 Å². The Kier molecular flexibility index (Phi) is 10.4. The largest absolute Gasteiger partial charge is 0.370 e. The summed E-state index contributed by atoms with van der Waals surface area (Å²) in [5.74, 6) is 1.07. The van der Waals surface area contributed by atoms with E-state index >= 15 is 0 Å². The van der Waals surface area contributed by atoms with Crippen LogP contribution >= 0.6 is 24.0 Å². The maximum atomic E-state index is 5.88. The molecule has 21 heavy (non-hydrogen) atoms. The fraction of sp³-hybridized carbons (Fsp3) is 0.562. The Bertz CT molecular complexity index is 417. The van der Waals surface area contributed by atoms with Crippen LogP contribution in [0.3, 0.4) is 0 Å². The first-order chi connectivity index (χ1) is 9.56. The molecular formula is C16H29IN4. The number of halogens is 1. The van der Waals surface area contributed by atoms with E-state index < -0.39 is 0 Å². The van der Waals surface area contributed by atoms with Crippen molar-refractivity contribution in [3.63, 3.8) is 0 Å². The Balaban J connectivity index is 0.00000400. The molecule has 0 saturated heterocycles. The quantitative estimate of drug-likeness (QED) is 0.416. The minimum atomic E-state index is 0. The van der Waals surface area contributed by atoms with E-state index in [-0.39, 0.29) is 24.0 Å². The summed E-state index contributed by atoms with van der Waals surface area (Å²) in [5.41, 5.74) is 8.23. The molecule has 0 radical (unpaired) electrons. The van der Waals surface area contributed by atoms with Crippen molar-refractivity contribution in [3.8, 4) is 0 Å². The van der Waals surface area contributed by atoms with Crippen LogP contribution in [-0.2, 0) is 0 Å². The number of guanidine groups is 1. The van der Waals surface area contributed by atoms with E-state index in [0.717, 1.165) is 25.2 Å². The number of nitrogens with two attached hydrogens (primary N) is 1. The summed E-state index contributed by atoms with van der Waals surface area (Å²) in [6, 6.07) is 8.41. The van der Waals surface area contributed by atoms with E-state index in [1.54, 1.807) is 0 Å². The Labute approximate surface area is 146 Å². The third-order valence-corrected chi connectivity index (χ3v) is 3.67. The second-order valence-electron chi connectivity index (χ2n) is 5.22. The summed E-state index contributed by atoms with van der Waals surface area (Å²) in [6.07, 6.45) is 1.15. The molecule has 1 unspecified atom stereocenters. The normalized spacial score (nSPS) is 12.9. The summed E-state index contributed by atoms with van der Waals surface area (Å²) < 4.78 is 0. The van der Waals surface area contributed by atoms with Crippen LogP contribution in [0, 0.1) is 0 Å². The SMILES string of the molecule is CCC(C)c1ccc(NC(N)=NCCN(C)CC)cc1.I. The number of benzene rings is 1. The third-order valence-electron chi connectivity index (χ3n) is 3.67. The summed E-state index contributed by atoms with van der Waals surface area (Å²) >= 11 is 0. The van der Waals surface area contributed by atoms with Gasteiger partial charge < -0.3 is 16.0 Å². The zero-order valence-corrected chi connectivity index (χ0v) is 15.9. The van der Waals surface area contributed by atoms with Gasteiger partial charge in [0.05, 0.1) is 6.54 Å². The summed E-state index contributed by atoms with van der Waals surface area (Å²) in [7, 11) is 2.08. The van der Waals surface area contributed by atoms with Crippen LogP contribution in [0.25, 0.3) is 0 Å². The number of hydrogen-bond donors (Lipinski definition) is 2. The predicted molar refractivity (Wildman–Crippen MR) is 104 cm³/mol. The van der Waals surface area contributed by atoms with Gasteiger partial charge in [-0.1, -0.05) is 32.9 Å². The van der Waals surface area contributed by atoms with Gasteiger partial charge in [0.25, 0.3) is 0 Å². The van der Waals surface area contributed by atoms with Crippen molar-refractivity contribution < 1.29 is 0 Å². The smallest absolute Gasteiger partial charge is 0.193 e. The Morgan fingerprint density at radius 3 is 2.43 bits per heavy atom. The zero-order chi connectivity index (χ0) is 15.0. The molecule has 0 aliphatic carbocycles. The van der Waals surface area contributed by atoms with Crippen molar-refractivity contribution in [1.82, 2.24) is 4.90 Å². The van der Waals surface area contributed by atoms with Crippen LogP contribution in [0.1, 0.15) is 38.7 Å². The molecule has 0 amide bonds. The lowest BCUT2D eigenvalue weighted by atomic mass is 9.99. The van der Waals surface area contributed by atoms with Gasteiger partial charge >= 0.3 is 0 Å². The highest BCUT2D eigenvalue weighted by molar-refractivity contribution is 14.0. The topological polar surface area (TPSA) is 53.6 Å². The molecule has 0 bridgehead atoms. The molecule has 5 heteroatoms. The van der Waals surface area contributed by atoms with Crippen molar-refractivity contribution in [3.05, 3.63) is 29.8 Å². The number of anilines is 1. The van der Waals surface area contributed by atoms with Gasteiger partial charge in [-0.3, -0.25) is 4.99 Å². The zero-order valence-electron chi connectivity index (χ0n) is 13.6. The molecular weight excluding hydrogens is 375 g/mol. The van der Waals surface area contributed by atoms with E-state index in [2.05, 4.69) is 67.3 Å². The molecule has 1 rings (SSSR count). The third kappa shape index (κ3) is 7.66. The molecule has 0 aliphatic heterocycles. The lowest BCUT2D eigenvalue weighted by Crippen LogP contribution is -2.26. The summed E-state index contributed by atoms with van der Waals surface area (Å²) in [4.78, 5) is 6.53. The predicted octanol–water partition coefficient (Wildman–Crippen LogP) is 3.50. The second-order valence-corrected chi connectivity index (χ2v) is 5.22. The highest BCUT2D eigenvalue weighted by atomic mass is 127. The number of hydrogen-bond acceptors (Lipinski definition) is 2. The van der Waals surface area contributed by atoms with E-state index in [0.29, 0.717) is 18.4 Å². The van der Waals surface area contributed by atoms with Gasteiger partial charge in [0, 0.05) is 12.2 Å². The molecule has 0 spiro atoms. The van der Waals surface area contributed by atoms with Crippen LogP contribution in [0.4, 0.5) is 5.69 Å². The van der Waals surface area contributed by atoms with E-state index in [4.69, 9.17) is 5.73 Å². The lowest BCUT2D eigenvalue weighted by Gasteiger charge is -2.12. The van der Waals surface area contributed by atoms with E-state index in [1.807, 2.05) is 0 Å². The van der Waals surface area contributed by atoms with Gasteiger partial charge in [-0.2, -0.15) is 0 Å². The second kappa shape index (κ2) is 10.8. The van der Waals surface area contributed by atoms with Crippen molar-refractivity contribution in [2.24, 2.45) is 10.7 Å². The van der Waals surface area contributed by atoms with Crippen LogP contribution in [0.5, 0.6) is 0 Å². The highest BCUT2D eigenvalue weighted by Crippen LogP contribution is 2.20. The van der Waals surface area contributed by atoms with Crippen molar-refractivity contribution in [1.29, 1.82) is 0 Å². The van der Waals surface area contributed by atoms with Crippen molar-refractivity contribution >= 4 is 35.6 Å². The van der Waals surface area contributed by atoms with Crippen molar-refractivity contribution in [2.45, 2.75) is 33.1 Å². The number of aliphatic imine (C=N–C) groups is 1. The summed E-state index contributed by atoms with van der Waals surface area (Å²) in [5, 5.41) is 3.13. The minimum absolute atomic E-state index is 0. The first kappa shape index (κ1) is 20.2. The van der Waals surface area contributed by atoms with Gasteiger partial charge in [0.1, 0.15) is 0 Å². The number of nitrogens with one attached hydrogen (secondary N) is 1. The first-order valence-corrected chi connectivity index (χ1v) is 7.42. The molecule has 4 nitrogen and oxygen atoms in total. The maximum Gasteiger partial charge on any atom is 0.193 e. The van der Waals surface area contributed by atoms with Crippen LogP contribution in [-0.4, -0.2) is 37.5 Å².